The van der Waals surface area contributed by atoms with Crippen LogP contribution in [0.4, 0.5) is 0 Å². The van der Waals surface area contributed by atoms with Crippen molar-refractivity contribution in [2.45, 2.75) is 0 Å². The first-order valence-electron chi connectivity index (χ1n) is 15.2. The normalized spacial score (nSPS) is 11.6. The molecular formula is C42H26N2O. The maximum absolute atomic E-state index is 6.38. The van der Waals surface area contributed by atoms with E-state index in [0.29, 0.717) is 5.82 Å². The zero-order chi connectivity index (χ0) is 29.7. The Kier molecular flexibility index (Phi) is 5.82. The van der Waals surface area contributed by atoms with Gasteiger partial charge in [-0.25, -0.2) is 9.97 Å². The number of nitrogens with zero attached hydrogens (tertiary/aromatic N) is 2. The molecule has 210 valence electrons. The molecule has 2 heterocycles. The van der Waals surface area contributed by atoms with Crippen LogP contribution in [0.25, 0.3) is 88.5 Å². The number of hydrogen-bond acceptors (Lipinski definition) is 3. The van der Waals surface area contributed by atoms with Crippen molar-refractivity contribution in [1.29, 1.82) is 0 Å². The molecular weight excluding hydrogens is 548 g/mol. The van der Waals surface area contributed by atoms with Gasteiger partial charge in [0, 0.05) is 32.7 Å². The molecule has 0 saturated heterocycles. The fourth-order valence-corrected chi connectivity index (χ4v) is 6.37. The molecule has 0 N–H and O–H groups in total. The second-order valence-electron chi connectivity index (χ2n) is 11.4. The fourth-order valence-electron chi connectivity index (χ4n) is 6.37. The fraction of sp³-hybridized carbons (Fsp3) is 0. The van der Waals surface area contributed by atoms with Crippen LogP contribution in [-0.4, -0.2) is 9.97 Å². The minimum atomic E-state index is 0.705. The number of para-hydroxylation sites is 2. The number of hydrogen-bond donors (Lipinski definition) is 0. The van der Waals surface area contributed by atoms with Crippen molar-refractivity contribution in [2.24, 2.45) is 0 Å². The lowest BCUT2D eigenvalue weighted by Crippen LogP contribution is -1.95. The number of fused-ring (bicyclic) bond motifs is 6. The molecule has 0 unspecified atom stereocenters. The lowest BCUT2D eigenvalue weighted by Gasteiger charge is -2.11. The zero-order valence-electron chi connectivity index (χ0n) is 24.3. The molecule has 0 fully saturated rings. The summed E-state index contributed by atoms with van der Waals surface area (Å²) in [6, 6.07) is 55.0. The Morgan fingerprint density at radius 3 is 1.71 bits per heavy atom. The highest BCUT2D eigenvalue weighted by Gasteiger charge is 2.15. The van der Waals surface area contributed by atoms with E-state index in [4.69, 9.17) is 14.4 Å². The summed E-state index contributed by atoms with van der Waals surface area (Å²) in [7, 11) is 0. The van der Waals surface area contributed by atoms with Gasteiger partial charge in [0.25, 0.3) is 0 Å². The molecule has 0 saturated carbocycles. The lowest BCUT2D eigenvalue weighted by atomic mass is 9.99. The molecule has 3 heteroatoms. The second-order valence-corrected chi connectivity index (χ2v) is 11.4. The first-order valence-corrected chi connectivity index (χ1v) is 15.2. The van der Waals surface area contributed by atoms with Crippen LogP contribution in [0.2, 0.25) is 0 Å². The van der Waals surface area contributed by atoms with Gasteiger partial charge in [0.15, 0.2) is 5.82 Å². The Hall–Kier alpha value is -6.06. The van der Waals surface area contributed by atoms with E-state index in [1.165, 1.54) is 16.7 Å². The van der Waals surface area contributed by atoms with Gasteiger partial charge in [-0.05, 0) is 51.9 Å². The van der Waals surface area contributed by atoms with Gasteiger partial charge in [0.05, 0.1) is 11.2 Å². The quantitative estimate of drug-likeness (QED) is 0.210. The van der Waals surface area contributed by atoms with Gasteiger partial charge in [-0.15, -0.1) is 0 Å². The van der Waals surface area contributed by atoms with Crippen molar-refractivity contribution in [1.82, 2.24) is 9.97 Å². The summed E-state index contributed by atoms with van der Waals surface area (Å²) in [5.74, 6) is 0.705. The maximum Gasteiger partial charge on any atom is 0.160 e. The molecule has 45 heavy (non-hydrogen) atoms. The standard InChI is InChI=1S/C42H26N2O/c1-2-8-27(9-3-1)28-14-16-29(17-15-28)30-18-21-32(22-19-30)42-43-38-12-6-4-11-36(38)40(44-42)33-23-20-31-24-25-35-34-10-5-7-13-39(34)45-41(35)37(31)26-33/h1-26H. The molecule has 0 aliphatic heterocycles. The minimum absolute atomic E-state index is 0.705. The van der Waals surface area contributed by atoms with Crippen LogP contribution in [-0.2, 0) is 0 Å². The van der Waals surface area contributed by atoms with Gasteiger partial charge >= 0.3 is 0 Å². The van der Waals surface area contributed by atoms with Crippen LogP contribution >= 0.6 is 0 Å². The van der Waals surface area contributed by atoms with Crippen molar-refractivity contribution in [3.8, 4) is 44.9 Å². The maximum atomic E-state index is 6.38. The molecule has 0 bridgehead atoms. The summed E-state index contributed by atoms with van der Waals surface area (Å²) in [4.78, 5) is 10.2. The number of aromatic nitrogens is 2. The van der Waals surface area contributed by atoms with Crippen molar-refractivity contribution in [2.75, 3.05) is 0 Å². The van der Waals surface area contributed by atoms with E-state index >= 15 is 0 Å². The molecule has 0 atom stereocenters. The Balaban J connectivity index is 1.13. The second kappa shape index (κ2) is 10.3. The first-order chi connectivity index (χ1) is 22.3. The molecule has 9 rings (SSSR count). The van der Waals surface area contributed by atoms with Crippen LogP contribution in [0.3, 0.4) is 0 Å². The lowest BCUT2D eigenvalue weighted by molar-refractivity contribution is 0.672. The first kappa shape index (κ1) is 25.4. The van der Waals surface area contributed by atoms with Crippen molar-refractivity contribution in [3.63, 3.8) is 0 Å². The van der Waals surface area contributed by atoms with E-state index in [9.17, 15) is 0 Å². The third kappa shape index (κ3) is 4.37. The molecule has 0 aliphatic carbocycles. The van der Waals surface area contributed by atoms with Gasteiger partial charge in [0.2, 0.25) is 0 Å². The van der Waals surface area contributed by atoms with Crippen LogP contribution in [0.15, 0.2) is 162 Å². The number of rotatable bonds is 4. The third-order valence-corrected chi connectivity index (χ3v) is 8.71. The third-order valence-electron chi connectivity index (χ3n) is 8.71. The monoisotopic (exact) mass is 574 g/mol. The van der Waals surface area contributed by atoms with Crippen molar-refractivity contribution >= 4 is 43.6 Å². The smallest absolute Gasteiger partial charge is 0.160 e. The van der Waals surface area contributed by atoms with Gasteiger partial charge < -0.3 is 4.42 Å². The average Bonchev–Trinajstić information content (AvgIpc) is 3.51. The van der Waals surface area contributed by atoms with Crippen LogP contribution in [0.1, 0.15) is 0 Å². The Bertz CT molecular complexity index is 2510. The summed E-state index contributed by atoms with van der Waals surface area (Å²) in [5.41, 5.74) is 10.4. The van der Waals surface area contributed by atoms with E-state index in [0.717, 1.165) is 66.0 Å². The molecule has 0 radical (unpaired) electrons. The Morgan fingerprint density at radius 1 is 0.378 bits per heavy atom. The van der Waals surface area contributed by atoms with Gasteiger partial charge in [-0.3, -0.25) is 0 Å². The summed E-state index contributed by atoms with van der Waals surface area (Å²) >= 11 is 0. The highest BCUT2D eigenvalue weighted by molar-refractivity contribution is 6.15. The van der Waals surface area contributed by atoms with E-state index in [2.05, 4.69) is 127 Å². The molecule has 0 spiro atoms. The Morgan fingerprint density at radius 2 is 0.956 bits per heavy atom. The van der Waals surface area contributed by atoms with Gasteiger partial charge in [-0.1, -0.05) is 133 Å². The molecule has 9 aromatic rings. The van der Waals surface area contributed by atoms with E-state index < -0.39 is 0 Å². The van der Waals surface area contributed by atoms with Gasteiger partial charge in [0.1, 0.15) is 11.2 Å². The van der Waals surface area contributed by atoms with Gasteiger partial charge in [-0.2, -0.15) is 0 Å². The number of furan rings is 1. The molecule has 7 aromatic carbocycles. The summed E-state index contributed by atoms with van der Waals surface area (Å²) in [6.07, 6.45) is 0. The average molecular weight is 575 g/mol. The van der Waals surface area contributed by atoms with E-state index in [-0.39, 0.29) is 0 Å². The Labute approximate surface area is 260 Å². The predicted molar refractivity (Wildman–Crippen MR) is 186 cm³/mol. The highest BCUT2D eigenvalue weighted by Crippen LogP contribution is 2.37. The minimum Gasteiger partial charge on any atom is -0.455 e. The summed E-state index contributed by atoms with van der Waals surface area (Å²) in [6.45, 7) is 0. The van der Waals surface area contributed by atoms with Crippen molar-refractivity contribution < 1.29 is 4.42 Å². The molecule has 2 aromatic heterocycles. The molecule has 0 aliphatic rings. The summed E-state index contributed by atoms with van der Waals surface area (Å²) < 4.78 is 6.38. The highest BCUT2D eigenvalue weighted by atomic mass is 16.3. The predicted octanol–water partition coefficient (Wildman–Crippen LogP) is 11.4. The molecule has 3 nitrogen and oxygen atoms in total. The number of benzene rings is 7. The van der Waals surface area contributed by atoms with Crippen LogP contribution < -0.4 is 0 Å². The van der Waals surface area contributed by atoms with Crippen LogP contribution in [0, 0.1) is 0 Å². The zero-order valence-corrected chi connectivity index (χ0v) is 24.3. The van der Waals surface area contributed by atoms with E-state index in [1.54, 1.807) is 0 Å². The SMILES string of the molecule is c1ccc(-c2ccc(-c3ccc(-c4nc(-c5ccc6ccc7c8ccccc8oc7c6c5)c5ccccc5n4)cc3)cc2)cc1. The summed E-state index contributed by atoms with van der Waals surface area (Å²) in [5, 5.41) is 5.49. The van der Waals surface area contributed by atoms with Crippen LogP contribution in [0.5, 0.6) is 0 Å². The van der Waals surface area contributed by atoms with E-state index in [1.807, 2.05) is 30.3 Å². The van der Waals surface area contributed by atoms with Crippen molar-refractivity contribution in [3.05, 3.63) is 158 Å². The molecule has 0 amide bonds. The largest absolute Gasteiger partial charge is 0.455 e. The topological polar surface area (TPSA) is 38.9 Å².